The molecule has 16 heavy (non-hydrogen) atoms. The molecule has 2 aromatic rings. The van der Waals surface area contributed by atoms with Crippen molar-refractivity contribution in [1.29, 1.82) is 0 Å². The largest absolute Gasteiger partial charge is 0.378 e. The van der Waals surface area contributed by atoms with Crippen LogP contribution < -0.4 is 11.1 Å². The maximum Gasteiger partial charge on any atom is 0.254 e. The number of fused-ring (bicyclic) bond motifs is 1. The van der Waals surface area contributed by atoms with E-state index in [1.807, 2.05) is 6.07 Å². The lowest BCUT2D eigenvalue weighted by Crippen LogP contribution is -2.16. The molecule has 0 spiro atoms. The van der Waals surface area contributed by atoms with Crippen LogP contribution in [0, 0.1) is 0 Å². The van der Waals surface area contributed by atoms with E-state index < -0.39 is 0 Å². The number of nitrogens with one attached hydrogen (secondary N) is 1. The quantitative estimate of drug-likeness (QED) is 0.718. The predicted molar refractivity (Wildman–Crippen MR) is 59.0 cm³/mol. The van der Waals surface area contributed by atoms with Crippen LogP contribution in [-0.2, 0) is 11.3 Å². The van der Waals surface area contributed by atoms with Crippen LogP contribution in [0.1, 0.15) is 5.69 Å². The summed E-state index contributed by atoms with van der Waals surface area (Å²) in [4.78, 5) is 8.33. The van der Waals surface area contributed by atoms with Gasteiger partial charge in [-0.25, -0.2) is 4.98 Å². The molecule has 0 bridgehead atoms. The highest BCUT2D eigenvalue weighted by Gasteiger charge is 2.06. The fourth-order valence-corrected chi connectivity index (χ4v) is 1.41. The van der Waals surface area contributed by atoms with Crippen molar-refractivity contribution in [2.75, 3.05) is 25.5 Å². The molecule has 0 aliphatic heterocycles. The first-order valence-electron chi connectivity index (χ1n) is 4.97. The maximum absolute atomic E-state index is 5.44. The van der Waals surface area contributed by atoms with Gasteiger partial charge in [-0.05, 0) is 0 Å². The zero-order valence-electron chi connectivity index (χ0n) is 9.05. The summed E-state index contributed by atoms with van der Waals surface area (Å²) >= 11 is 0. The third-order valence-corrected chi connectivity index (χ3v) is 2.05. The monoisotopic (exact) mass is 222 g/mol. The summed E-state index contributed by atoms with van der Waals surface area (Å²) in [5.41, 5.74) is 6.25. The zero-order chi connectivity index (χ0) is 11.4. The number of anilines is 1. The molecule has 0 amide bonds. The molecule has 2 heterocycles. The number of hydrogen-bond acceptors (Lipinski definition) is 6. The Hall–Kier alpha value is -1.73. The van der Waals surface area contributed by atoms with E-state index in [1.54, 1.807) is 11.6 Å². The van der Waals surface area contributed by atoms with Crippen LogP contribution >= 0.6 is 0 Å². The van der Waals surface area contributed by atoms with Crippen molar-refractivity contribution in [1.82, 2.24) is 19.6 Å². The number of ether oxygens (including phenoxy) is 1. The Kier molecular flexibility index (Phi) is 3.28. The lowest BCUT2D eigenvalue weighted by molar-refractivity contribution is 0.181. The smallest absolute Gasteiger partial charge is 0.254 e. The van der Waals surface area contributed by atoms with Gasteiger partial charge >= 0.3 is 0 Å². The number of nitrogens with two attached hydrogens (primary N) is 1. The van der Waals surface area contributed by atoms with Crippen LogP contribution in [0.4, 0.5) is 5.82 Å². The molecule has 2 rings (SSSR count). The van der Waals surface area contributed by atoms with Crippen molar-refractivity contribution in [2.45, 2.75) is 6.61 Å². The second-order valence-corrected chi connectivity index (χ2v) is 3.25. The highest BCUT2D eigenvalue weighted by Crippen LogP contribution is 2.10. The zero-order valence-corrected chi connectivity index (χ0v) is 9.05. The van der Waals surface area contributed by atoms with Crippen molar-refractivity contribution in [3.63, 3.8) is 0 Å². The predicted octanol–water partition coefficient (Wildman–Crippen LogP) is -0.359. The van der Waals surface area contributed by atoms with E-state index in [1.165, 1.54) is 6.33 Å². The Balaban J connectivity index is 2.38. The first kappa shape index (κ1) is 10.8. The molecule has 0 aliphatic carbocycles. The summed E-state index contributed by atoms with van der Waals surface area (Å²) in [7, 11) is 1.63. The first-order chi connectivity index (χ1) is 7.85. The van der Waals surface area contributed by atoms with Crippen LogP contribution in [0.5, 0.6) is 0 Å². The SMILES string of the molecule is COCc1cc(NCCN)n2ncnc2n1. The Morgan fingerprint density at radius 3 is 3.19 bits per heavy atom. The lowest BCUT2D eigenvalue weighted by Gasteiger charge is -2.08. The molecule has 7 nitrogen and oxygen atoms in total. The molecule has 2 aromatic heterocycles. The van der Waals surface area contributed by atoms with Gasteiger partial charge in [0.25, 0.3) is 5.78 Å². The van der Waals surface area contributed by atoms with E-state index in [9.17, 15) is 0 Å². The fourth-order valence-electron chi connectivity index (χ4n) is 1.41. The van der Waals surface area contributed by atoms with Gasteiger partial charge in [-0.15, -0.1) is 0 Å². The average molecular weight is 222 g/mol. The van der Waals surface area contributed by atoms with Gasteiger partial charge in [-0.1, -0.05) is 0 Å². The lowest BCUT2D eigenvalue weighted by atomic mass is 10.4. The van der Waals surface area contributed by atoms with Crippen LogP contribution in [0.15, 0.2) is 12.4 Å². The molecular formula is C9H14N6O. The van der Waals surface area contributed by atoms with Crippen molar-refractivity contribution in [3.05, 3.63) is 18.1 Å². The molecule has 0 aliphatic rings. The van der Waals surface area contributed by atoms with E-state index in [0.29, 0.717) is 25.5 Å². The van der Waals surface area contributed by atoms with Crippen molar-refractivity contribution < 1.29 is 4.74 Å². The molecule has 86 valence electrons. The van der Waals surface area contributed by atoms with Gasteiger partial charge in [-0.3, -0.25) is 0 Å². The number of rotatable bonds is 5. The average Bonchev–Trinajstić information content (AvgIpc) is 2.74. The molecule has 3 N–H and O–H groups in total. The number of hydrogen-bond donors (Lipinski definition) is 2. The van der Waals surface area contributed by atoms with Crippen LogP contribution in [0.25, 0.3) is 5.78 Å². The van der Waals surface area contributed by atoms with Gasteiger partial charge in [0.05, 0.1) is 12.3 Å². The summed E-state index contributed by atoms with van der Waals surface area (Å²) in [5.74, 6) is 1.37. The summed E-state index contributed by atoms with van der Waals surface area (Å²) in [6.07, 6.45) is 1.46. The van der Waals surface area contributed by atoms with Gasteiger partial charge in [0.1, 0.15) is 12.1 Å². The Bertz CT molecular complexity index is 468. The molecule has 0 aromatic carbocycles. The summed E-state index contributed by atoms with van der Waals surface area (Å²) in [5, 5.41) is 7.23. The molecule has 7 heteroatoms. The molecule has 0 unspecified atom stereocenters. The van der Waals surface area contributed by atoms with E-state index in [-0.39, 0.29) is 0 Å². The van der Waals surface area contributed by atoms with Gasteiger partial charge in [0, 0.05) is 26.3 Å². The normalized spacial score (nSPS) is 10.9. The van der Waals surface area contributed by atoms with Crippen LogP contribution in [0.3, 0.4) is 0 Å². The van der Waals surface area contributed by atoms with Crippen LogP contribution in [-0.4, -0.2) is 39.8 Å². The minimum Gasteiger partial charge on any atom is -0.378 e. The molecular weight excluding hydrogens is 208 g/mol. The third-order valence-electron chi connectivity index (χ3n) is 2.05. The summed E-state index contributed by atoms with van der Waals surface area (Å²) in [6.45, 7) is 1.67. The van der Waals surface area contributed by atoms with E-state index in [2.05, 4.69) is 20.4 Å². The van der Waals surface area contributed by atoms with E-state index in [0.717, 1.165) is 11.5 Å². The minimum atomic E-state index is 0.445. The third kappa shape index (κ3) is 2.10. The van der Waals surface area contributed by atoms with Crippen molar-refractivity contribution >= 4 is 11.6 Å². The maximum atomic E-state index is 5.44. The van der Waals surface area contributed by atoms with Crippen molar-refractivity contribution in [3.8, 4) is 0 Å². The van der Waals surface area contributed by atoms with Crippen LogP contribution in [0.2, 0.25) is 0 Å². The minimum absolute atomic E-state index is 0.445. The van der Waals surface area contributed by atoms with E-state index in [4.69, 9.17) is 10.5 Å². The standard InChI is InChI=1S/C9H14N6O/c1-16-5-7-4-8(11-3-2-10)15-9(14-7)12-6-13-15/h4,6,11H,2-3,5,10H2,1H3. The topological polar surface area (TPSA) is 90.4 Å². The van der Waals surface area contributed by atoms with Gasteiger partial charge in [-0.2, -0.15) is 14.6 Å². The Morgan fingerprint density at radius 2 is 2.44 bits per heavy atom. The molecule has 0 saturated heterocycles. The number of aromatic nitrogens is 4. The summed E-state index contributed by atoms with van der Waals surface area (Å²) < 4.78 is 6.67. The number of nitrogens with zero attached hydrogens (tertiary/aromatic N) is 4. The Labute approximate surface area is 92.6 Å². The molecule has 0 saturated carbocycles. The van der Waals surface area contributed by atoms with Gasteiger partial charge in [0.15, 0.2) is 0 Å². The molecule has 0 radical (unpaired) electrons. The first-order valence-corrected chi connectivity index (χ1v) is 4.97. The number of methoxy groups -OCH3 is 1. The second-order valence-electron chi connectivity index (χ2n) is 3.25. The van der Waals surface area contributed by atoms with E-state index >= 15 is 0 Å². The second kappa shape index (κ2) is 4.86. The highest BCUT2D eigenvalue weighted by atomic mass is 16.5. The van der Waals surface area contributed by atoms with Gasteiger partial charge in [0.2, 0.25) is 0 Å². The van der Waals surface area contributed by atoms with Crippen molar-refractivity contribution in [2.24, 2.45) is 5.73 Å². The Morgan fingerprint density at radius 1 is 1.56 bits per heavy atom. The molecule has 0 fully saturated rings. The summed E-state index contributed by atoms with van der Waals surface area (Å²) in [6, 6.07) is 1.88. The highest BCUT2D eigenvalue weighted by molar-refractivity contribution is 5.44. The molecule has 0 atom stereocenters. The fraction of sp³-hybridized carbons (Fsp3) is 0.444. The van der Waals surface area contributed by atoms with Gasteiger partial charge < -0.3 is 15.8 Å².